The van der Waals surface area contributed by atoms with Gasteiger partial charge in [-0.3, -0.25) is 9.59 Å². The van der Waals surface area contributed by atoms with Gasteiger partial charge in [0.15, 0.2) is 0 Å². The summed E-state index contributed by atoms with van der Waals surface area (Å²) in [5.41, 5.74) is 0.100. The zero-order valence-corrected chi connectivity index (χ0v) is 10.9. The van der Waals surface area contributed by atoms with Crippen LogP contribution in [0.15, 0.2) is 11.0 Å². The average Bonchev–Trinajstić information content (AvgIpc) is 2.31. The van der Waals surface area contributed by atoms with Gasteiger partial charge in [0.05, 0.1) is 5.54 Å². The second-order valence-corrected chi connectivity index (χ2v) is 5.15. The lowest BCUT2D eigenvalue weighted by Crippen LogP contribution is -2.60. The van der Waals surface area contributed by atoms with Gasteiger partial charge in [-0.1, -0.05) is 0 Å². The maximum atomic E-state index is 12.4. The van der Waals surface area contributed by atoms with Gasteiger partial charge in [-0.05, 0) is 20.8 Å². The zero-order valence-electron chi connectivity index (χ0n) is 10.9. The summed E-state index contributed by atoms with van der Waals surface area (Å²) >= 11 is 0. The number of hydrogen-bond donors (Lipinski definition) is 2. The quantitative estimate of drug-likeness (QED) is 0.729. The largest absolute Gasteiger partial charge is 0.330 e. The van der Waals surface area contributed by atoms with Crippen LogP contribution in [0, 0.1) is 6.92 Å². The highest BCUT2D eigenvalue weighted by atomic mass is 16.2. The maximum Gasteiger partial charge on any atom is 0.274 e. The number of hydrogen-bond acceptors (Lipinski definition) is 4. The Kier molecular flexibility index (Phi) is 3.21. The first-order valence-electron chi connectivity index (χ1n) is 6.01. The number of aryl methyl sites for hydroxylation is 1. The Morgan fingerprint density at radius 3 is 2.83 bits per heavy atom. The van der Waals surface area contributed by atoms with Crippen LogP contribution in [0.5, 0.6) is 0 Å². The number of piperazine rings is 1. The molecule has 0 bridgehead atoms. The first-order valence-corrected chi connectivity index (χ1v) is 6.01. The van der Waals surface area contributed by atoms with E-state index < -0.39 is 0 Å². The van der Waals surface area contributed by atoms with Crippen LogP contribution in [-0.2, 0) is 0 Å². The highest BCUT2D eigenvalue weighted by molar-refractivity contribution is 5.92. The van der Waals surface area contributed by atoms with Gasteiger partial charge in [-0.2, -0.15) is 0 Å². The van der Waals surface area contributed by atoms with Crippen molar-refractivity contribution in [2.75, 3.05) is 19.6 Å². The molecule has 1 fully saturated rings. The Balaban J connectivity index is 2.30. The van der Waals surface area contributed by atoms with E-state index in [1.165, 1.54) is 6.20 Å². The van der Waals surface area contributed by atoms with Gasteiger partial charge in [0.1, 0.15) is 11.4 Å². The number of H-pyrrole nitrogens is 1. The fourth-order valence-corrected chi connectivity index (χ4v) is 2.11. The van der Waals surface area contributed by atoms with Crippen molar-refractivity contribution >= 4 is 5.91 Å². The monoisotopic (exact) mass is 250 g/mol. The lowest BCUT2D eigenvalue weighted by Gasteiger charge is -2.42. The van der Waals surface area contributed by atoms with Crippen LogP contribution in [0.4, 0.5) is 0 Å². The third kappa shape index (κ3) is 2.28. The summed E-state index contributed by atoms with van der Waals surface area (Å²) in [7, 11) is 0. The molecular formula is C12H18N4O2. The van der Waals surface area contributed by atoms with Crippen LogP contribution in [0.3, 0.4) is 0 Å². The van der Waals surface area contributed by atoms with Crippen LogP contribution in [0.1, 0.15) is 30.0 Å². The molecule has 0 aliphatic carbocycles. The summed E-state index contributed by atoms with van der Waals surface area (Å²) in [6, 6.07) is 0. The van der Waals surface area contributed by atoms with Crippen molar-refractivity contribution in [1.29, 1.82) is 0 Å². The van der Waals surface area contributed by atoms with E-state index >= 15 is 0 Å². The molecule has 2 N–H and O–H groups in total. The molecule has 0 unspecified atom stereocenters. The summed E-state index contributed by atoms with van der Waals surface area (Å²) < 4.78 is 0. The van der Waals surface area contributed by atoms with E-state index in [4.69, 9.17) is 0 Å². The van der Waals surface area contributed by atoms with Crippen LogP contribution in [-0.4, -0.2) is 45.9 Å². The third-order valence-corrected chi connectivity index (χ3v) is 3.22. The molecule has 1 aliphatic heterocycles. The highest BCUT2D eigenvalue weighted by Crippen LogP contribution is 2.18. The van der Waals surface area contributed by atoms with Crippen molar-refractivity contribution in [2.24, 2.45) is 0 Å². The van der Waals surface area contributed by atoms with Gasteiger partial charge in [0.2, 0.25) is 0 Å². The number of aromatic nitrogens is 2. The van der Waals surface area contributed by atoms with Gasteiger partial charge in [0.25, 0.3) is 11.5 Å². The number of nitrogens with zero attached hydrogens (tertiary/aromatic N) is 2. The standard InChI is InChI=1S/C12H18N4O2/c1-8-10(17)14-6-9(15-8)11(18)16-5-4-13-7-12(16,2)3/h6,13H,4-5,7H2,1-3H3,(H,14,17). The Bertz CT molecular complexity index is 521. The number of aromatic amines is 1. The van der Waals surface area contributed by atoms with Crippen LogP contribution < -0.4 is 10.9 Å². The summed E-state index contributed by atoms with van der Waals surface area (Å²) in [5.74, 6) is -0.138. The maximum absolute atomic E-state index is 12.4. The van der Waals surface area contributed by atoms with E-state index in [1.54, 1.807) is 11.8 Å². The molecule has 0 radical (unpaired) electrons. The lowest BCUT2D eigenvalue weighted by atomic mass is 10.00. The predicted molar refractivity (Wildman–Crippen MR) is 67.6 cm³/mol. The molecule has 6 heteroatoms. The minimum atomic E-state index is -0.258. The minimum absolute atomic E-state index is 0.138. The molecule has 0 aromatic carbocycles. The van der Waals surface area contributed by atoms with Gasteiger partial charge in [-0.25, -0.2) is 4.98 Å². The molecule has 0 atom stereocenters. The van der Waals surface area contributed by atoms with Crippen molar-refractivity contribution in [3.63, 3.8) is 0 Å². The zero-order chi connectivity index (χ0) is 13.3. The third-order valence-electron chi connectivity index (χ3n) is 3.22. The second kappa shape index (κ2) is 4.53. The Hall–Kier alpha value is -1.69. The van der Waals surface area contributed by atoms with Crippen molar-refractivity contribution < 1.29 is 4.79 Å². The molecule has 2 heterocycles. The van der Waals surface area contributed by atoms with E-state index in [0.717, 1.165) is 13.1 Å². The molecule has 1 aliphatic rings. The Labute approximate surface area is 105 Å². The molecule has 2 rings (SSSR count). The normalized spacial score (nSPS) is 18.7. The van der Waals surface area contributed by atoms with Crippen molar-refractivity contribution in [3.05, 3.63) is 27.9 Å². The SMILES string of the molecule is Cc1nc(C(=O)N2CCNCC2(C)C)c[nH]c1=O. The van der Waals surface area contributed by atoms with Crippen molar-refractivity contribution in [2.45, 2.75) is 26.3 Å². The highest BCUT2D eigenvalue weighted by Gasteiger charge is 2.34. The molecule has 18 heavy (non-hydrogen) atoms. The van der Waals surface area contributed by atoms with Crippen LogP contribution >= 0.6 is 0 Å². The minimum Gasteiger partial charge on any atom is -0.330 e. The van der Waals surface area contributed by atoms with Gasteiger partial charge >= 0.3 is 0 Å². The number of rotatable bonds is 1. The van der Waals surface area contributed by atoms with E-state index in [2.05, 4.69) is 15.3 Å². The van der Waals surface area contributed by atoms with E-state index in [1.807, 2.05) is 13.8 Å². The summed E-state index contributed by atoms with van der Waals surface area (Å²) in [6.07, 6.45) is 1.38. The molecule has 0 spiro atoms. The summed E-state index contributed by atoms with van der Waals surface area (Å²) in [4.78, 5) is 32.0. The van der Waals surface area contributed by atoms with E-state index in [-0.39, 0.29) is 17.0 Å². The molecule has 6 nitrogen and oxygen atoms in total. The first-order chi connectivity index (χ1) is 8.42. The van der Waals surface area contributed by atoms with E-state index in [0.29, 0.717) is 17.9 Å². The fraction of sp³-hybridized carbons (Fsp3) is 0.583. The number of nitrogens with one attached hydrogen (secondary N) is 2. The number of amides is 1. The molecule has 98 valence electrons. The Morgan fingerprint density at radius 2 is 2.22 bits per heavy atom. The van der Waals surface area contributed by atoms with Crippen molar-refractivity contribution in [3.8, 4) is 0 Å². The second-order valence-electron chi connectivity index (χ2n) is 5.15. The van der Waals surface area contributed by atoms with Crippen molar-refractivity contribution in [1.82, 2.24) is 20.2 Å². The van der Waals surface area contributed by atoms with Crippen LogP contribution in [0.2, 0.25) is 0 Å². The fourth-order valence-electron chi connectivity index (χ4n) is 2.11. The summed E-state index contributed by atoms with van der Waals surface area (Å²) in [6.45, 7) is 7.79. The van der Waals surface area contributed by atoms with Gasteiger partial charge < -0.3 is 15.2 Å². The molecule has 0 saturated carbocycles. The van der Waals surface area contributed by atoms with Gasteiger partial charge in [-0.15, -0.1) is 0 Å². The molecule has 1 amide bonds. The first kappa shape index (κ1) is 12.8. The molecule has 1 aromatic heterocycles. The molecule has 1 saturated heterocycles. The van der Waals surface area contributed by atoms with E-state index in [9.17, 15) is 9.59 Å². The molecular weight excluding hydrogens is 232 g/mol. The Morgan fingerprint density at radius 1 is 1.50 bits per heavy atom. The summed E-state index contributed by atoms with van der Waals surface area (Å²) in [5, 5.41) is 3.26. The van der Waals surface area contributed by atoms with Crippen LogP contribution in [0.25, 0.3) is 0 Å². The molecule has 1 aromatic rings. The number of carbonyl (C=O) groups excluding carboxylic acids is 1. The average molecular weight is 250 g/mol. The van der Waals surface area contributed by atoms with Gasteiger partial charge in [0, 0.05) is 25.8 Å². The lowest BCUT2D eigenvalue weighted by molar-refractivity contribution is 0.0470. The topological polar surface area (TPSA) is 78.1 Å². The predicted octanol–water partition coefficient (Wildman–Crippen LogP) is -0.0977. The smallest absolute Gasteiger partial charge is 0.274 e. The number of carbonyl (C=O) groups is 1.